The summed E-state index contributed by atoms with van der Waals surface area (Å²) in [4.78, 5) is 15.2. The summed E-state index contributed by atoms with van der Waals surface area (Å²) in [6, 6.07) is 2.80. The van der Waals surface area contributed by atoms with Gasteiger partial charge in [0.15, 0.2) is 14.0 Å². The van der Waals surface area contributed by atoms with Crippen molar-refractivity contribution >= 4 is 14.0 Å². The van der Waals surface area contributed by atoms with Gasteiger partial charge < -0.3 is 4.43 Å². The summed E-state index contributed by atoms with van der Waals surface area (Å²) in [5.74, 6) is 0. The molecule has 0 spiro atoms. The fourth-order valence-corrected chi connectivity index (χ4v) is 3.37. The van der Waals surface area contributed by atoms with Crippen molar-refractivity contribution in [2.75, 3.05) is 0 Å². The van der Waals surface area contributed by atoms with Crippen molar-refractivity contribution in [1.29, 1.82) is 0 Å². The average Bonchev–Trinajstić information content (AvgIpc) is 2.89. The summed E-state index contributed by atoms with van der Waals surface area (Å²) >= 11 is 0. The maximum absolute atomic E-state index is 11.4. The third-order valence-corrected chi connectivity index (χ3v) is 9.08. The van der Waals surface area contributed by atoms with Crippen LogP contribution in [0.15, 0.2) is 24.7 Å². The predicted molar refractivity (Wildman–Crippen MR) is 90.5 cm³/mol. The molecular weight excluding hydrogens is 312 g/mol. The molecule has 2 rings (SSSR count). The molecule has 2 heterocycles. The minimum atomic E-state index is -2.16. The minimum absolute atomic E-state index is 0.0288. The molecule has 0 aromatic carbocycles. The Bertz CT molecular complexity index is 708. The van der Waals surface area contributed by atoms with Crippen molar-refractivity contribution < 1.29 is 9.35 Å². The molecule has 8 heteroatoms. The first-order chi connectivity index (χ1) is 10.5. The molecule has 2 aromatic heterocycles. The van der Waals surface area contributed by atoms with Crippen molar-refractivity contribution in [1.82, 2.24) is 14.6 Å². The van der Waals surface area contributed by atoms with Crippen molar-refractivity contribution in [3.05, 3.63) is 40.3 Å². The zero-order valence-corrected chi connectivity index (χ0v) is 15.5. The molecule has 0 bridgehead atoms. The molecule has 0 fully saturated rings. The third kappa shape index (κ3) is 3.58. The molecule has 0 amide bonds. The van der Waals surface area contributed by atoms with Gasteiger partial charge in [0.2, 0.25) is 6.04 Å². The molecule has 0 aliphatic heterocycles. The Morgan fingerprint density at radius 1 is 1.35 bits per heavy atom. The van der Waals surface area contributed by atoms with E-state index in [2.05, 4.69) is 43.9 Å². The SMILES string of the molecule is CC(C(O[Si](C)(C)C(C)(C)C)c1ccc2ncnn2c1)[N+](=O)[O-]. The van der Waals surface area contributed by atoms with E-state index in [9.17, 15) is 10.1 Å². The quantitative estimate of drug-likeness (QED) is 0.474. The van der Waals surface area contributed by atoms with Crippen LogP contribution in [0.25, 0.3) is 5.65 Å². The maximum atomic E-state index is 11.4. The number of nitro groups is 1. The average molecular weight is 336 g/mol. The maximum Gasteiger partial charge on any atom is 0.239 e. The van der Waals surface area contributed by atoms with Gasteiger partial charge in [0.25, 0.3) is 0 Å². The molecule has 2 aromatic rings. The Hall–Kier alpha value is -1.80. The molecule has 23 heavy (non-hydrogen) atoms. The zero-order chi connectivity index (χ0) is 17.4. The first kappa shape index (κ1) is 17.5. The number of rotatable bonds is 5. The first-order valence-electron chi connectivity index (χ1n) is 7.63. The van der Waals surface area contributed by atoms with Crippen LogP contribution in [0, 0.1) is 10.1 Å². The molecule has 0 saturated carbocycles. The monoisotopic (exact) mass is 336 g/mol. The van der Waals surface area contributed by atoms with Gasteiger partial charge in [-0.1, -0.05) is 26.8 Å². The van der Waals surface area contributed by atoms with Crippen LogP contribution in [-0.2, 0) is 4.43 Å². The summed E-state index contributed by atoms with van der Waals surface area (Å²) in [6.07, 6.45) is 2.61. The zero-order valence-electron chi connectivity index (χ0n) is 14.5. The van der Waals surface area contributed by atoms with Gasteiger partial charge in [0.1, 0.15) is 12.4 Å². The van der Waals surface area contributed by atoms with E-state index < -0.39 is 20.5 Å². The summed E-state index contributed by atoms with van der Waals surface area (Å²) in [5.41, 5.74) is 1.45. The Morgan fingerprint density at radius 3 is 2.57 bits per heavy atom. The van der Waals surface area contributed by atoms with E-state index in [-0.39, 0.29) is 9.96 Å². The highest BCUT2D eigenvalue weighted by atomic mass is 28.4. The van der Waals surface area contributed by atoms with Crippen LogP contribution in [0.1, 0.15) is 39.4 Å². The van der Waals surface area contributed by atoms with E-state index in [0.717, 1.165) is 5.56 Å². The van der Waals surface area contributed by atoms with Crippen molar-refractivity contribution in [3.63, 3.8) is 0 Å². The second-order valence-electron chi connectivity index (χ2n) is 7.35. The van der Waals surface area contributed by atoms with E-state index >= 15 is 0 Å². The summed E-state index contributed by atoms with van der Waals surface area (Å²) in [6.45, 7) is 12.1. The van der Waals surface area contributed by atoms with Crippen LogP contribution in [0.4, 0.5) is 0 Å². The molecule has 2 unspecified atom stereocenters. The Labute approximate surface area is 137 Å². The second-order valence-corrected chi connectivity index (χ2v) is 12.1. The van der Waals surface area contributed by atoms with Gasteiger partial charge in [-0.05, 0) is 24.2 Å². The normalized spacial score (nSPS) is 15.6. The van der Waals surface area contributed by atoms with Gasteiger partial charge >= 0.3 is 0 Å². The summed E-state index contributed by atoms with van der Waals surface area (Å²) in [5, 5.41) is 15.4. The molecule has 2 atom stereocenters. The van der Waals surface area contributed by atoms with Gasteiger partial charge in [-0.25, -0.2) is 9.50 Å². The van der Waals surface area contributed by atoms with Crippen LogP contribution >= 0.6 is 0 Å². The number of fused-ring (bicyclic) bond motifs is 1. The first-order valence-corrected chi connectivity index (χ1v) is 10.5. The van der Waals surface area contributed by atoms with Crippen LogP contribution in [0.5, 0.6) is 0 Å². The van der Waals surface area contributed by atoms with Crippen LogP contribution in [-0.4, -0.2) is 33.9 Å². The number of hydrogen-bond acceptors (Lipinski definition) is 5. The van der Waals surface area contributed by atoms with E-state index in [1.165, 1.54) is 6.33 Å². The van der Waals surface area contributed by atoms with E-state index in [4.69, 9.17) is 4.43 Å². The largest absolute Gasteiger partial charge is 0.403 e. The third-order valence-electron chi connectivity index (χ3n) is 4.62. The molecule has 0 radical (unpaired) electrons. The molecule has 7 nitrogen and oxygen atoms in total. The molecule has 0 N–H and O–H groups in total. The van der Waals surface area contributed by atoms with E-state index in [0.29, 0.717) is 5.65 Å². The number of hydrogen-bond donors (Lipinski definition) is 0. The van der Waals surface area contributed by atoms with Gasteiger partial charge in [0.05, 0.1) is 0 Å². The van der Waals surface area contributed by atoms with Crippen molar-refractivity contribution in [2.24, 2.45) is 0 Å². The van der Waals surface area contributed by atoms with Crippen molar-refractivity contribution in [2.45, 2.75) is 58.0 Å². The Kier molecular flexibility index (Phi) is 4.58. The number of aromatic nitrogens is 3. The highest BCUT2D eigenvalue weighted by Gasteiger charge is 2.43. The number of nitrogens with zero attached hydrogens (tertiary/aromatic N) is 4. The van der Waals surface area contributed by atoms with E-state index in [1.807, 2.05) is 6.07 Å². The molecular formula is C15H24N4O3Si. The lowest BCUT2D eigenvalue weighted by Crippen LogP contribution is -2.44. The highest BCUT2D eigenvalue weighted by molar-refractivity contribution is 6.74. The number of pyridine rings is 1. The van der Waals surface area contributed by atoms with E-state index in [1.54, 1.807) is 23.7 Å². The van der Waals surface area contributed by atoms with Crippen LogP contribution < -0.4 is 0 Å². The fourth-order valence-electron chi connectivity index (χ4n) is 2.05. The Balaban J connectivity index is 2.43. The topological polar surface area (TPSA) is 82.6 Å². The highest BCUT2D eigenvalue weighted by Crippen LogP contribution is 2.40. The lowest BCUT2D eigenvalue weighted by atomic mass is 10.1. The van der Waals surface area contributed by atoms with Gasteiger partial charge in [-0.15, -0.1) is 0 Å². The minimum Gasteiger partial charge on any atom is -0.403 e. The molecule has 0 saturated heterocycles. The summed E-state index contributed by atoms with van der Waals surface area (Å²) < 4.78 is 7.99. The van der Waals surface area contributed by atoms with Crippen molar-refractivity contribution in [3.8, 4) is 0 Å². The standard InChI is InChI=1S/C15H24N4O3Si/c1-11(19(20)21)14(22-23(5,6)15(2,3)4)12-7-8-13-16-10-17-18(13)9-12/h7-11,14H,1-6H3. The van der Waals surface area contributed by atoms with Gasteiger partial charge in [-0.3, -0.25) is 10.1 Å². The smallest absolute Gasteiger partial charge is 0.239 e. The lowest BCUT2D eigenvalue weighted by Gasteiger charge is -2.39. The molecule has 0 aliphatic rings. The Morgan fingerprint density at radius 2 is 2.00 bits per heavy atom. The van der Waals surface area contributed by atoms with Crippen LogP contribution in [0.2, 0.25) is 18.1 Å². The fraction of sp³-hybridized carbons (Fsp3) is 0.600. The second kappa shape index (κ2) is 6.01. The van der Waals surface area contributed by atoms with Gasteiger partial charge in [-0.2, -0.15) is 5.10 Å². The van der Waals surface area contributed by atoms with Gasteiger partial charge in [0, 0.05) is 23.6 Å². The predicted octanol–water partition coefficient (Wildman–Crippen LogP) is 3.46. The lowest BCUT2D eigenvalue weighted by molar-refractivity contribution is -0.530. The molecule has 126 valence electrons. The molecule has 0 aliphatic carbocycles. The summed E-state index contributed by atoms with van der Waals surface area (Å²) in [7, 11) is -2.16. The van der Waals surface area contributed by atoms with Crippen LogP contribution in [0.3, 0.4) is 0 Å².